The number of hydrogen-bond donors (Lipinski definition) is 0. The van der Waals surface area contributed by atoms with E-state index in [2.05, 4.69) is 23.8 Å². The average Bonchev–Trinajstić information content (AvgIpc) is 2.71. The molecule has 1 aromatic carbocycles. The van der Waals surface area contributed by atoms with E-state index >= 15 is 0 Å². The van der Waals surface area contributed by atoms with Crippen molar-refractivity contribution in [1.29, 1.82) is 0 Å². The van der Waals surface area contributed by atoms with E-state index in [1.54, 1.807) is 18.3 Å². The van der Waals surface area contributed by atoms with E-state index in [1.807, 2.05) is 12.3 Å². The average molecular weight is 382 g/mol. The van der Waals surface area contributed by atoms with Crippen LogP contribution in [0.3, 0.4) is 0 Å². The fourth-order valence-electron chi connectivity index (χ4n) is 3.44. The summed E-state index contributed by atoms with van der Waals surface area (Å²) in [7, 11) is 0. The van der Waals surface area contributed by atoms with Gasteiger partial charge in [-0.3, -0.25) is 9.97 Å². The molecule has 4 heteroatoms. The van der Waals surface area contributed by atoms with Crippen molar-refractivity contribution in [3.05, 3.63) is 47.4 Å². The normalized spacial score (nSPS) is 10.9. The molecule has 0 aliphatic carbocycles. The molecule has 2 aromatic rings. The van der Waals surface area contributed by atoms with E-state index in [-0.39, 0.29) is 0 Å². The molecule has 0 fully saturated rings. The summed E-state index contributed by atoms with van der Waals surface area (Å²) in [6.45, 7) is 4.39. The van der Waals surface area contributed by atoms with Crippen molar-refractivity contribution < 1.29 is 9.90 Å². The SMILES string of the molecule is CCCCCCCCc1cc(-c2cnc(CCCCC)cn2)ccc1C(=O)[O-]. The molecular formula is C24H33N2O2-. The molecule has 0 amide bonds. The molecule has 0 spiro atoms. The number of carboxylic acid groups (broad SMARTS) is 1. The molecule has 0 aliphatic heterocycles. The molecule has 0 bridgehead atoms. The maximum absolute atomic E-state index is 11.5. The molecule has 4 nitrogen and oxygen atoms in total. The lowest BCUT2D eigenvalue weighted by Gasteiger charge is -2.13. The second-order valence-corrected chi connectivity index (χ2v) is 7.53. The van der Waals surface area contributed by atoms with Crippen molar-refractivity contribution in [3.8, 4) is 11.3 Å². The van der Waals surface area contributed by atoms with Gasteiger partial charge in [0.2, 0.25) is 0 Å². The number of nitrogens with zero attached hydrogens (tertiary/aromatic N) is 2. The number of benzene rings is 1. The first kappa shape index (κ1) is 22.1. The van der Waals surface area contributed by atoms with E-state index in [4.69, 9.17) is 0 Å². The standard InChI is InChI=1S/C24H34N2O2/c1-3-5-7-8-9-11-12-19-16-20(14-15-22(19)24(27)28)23-18-25-21(17-26-23)13-10-6-4-2/h14-18H,3-13H2,1-2H3,(H,27,28)/p-1. The van der Waals surface area contributed by atoms with Gasteiger partial charge >= 0.3 is 0 Å². The zero-order valence-corrected chi connectivity index (χ0v) is 17.4. The van der Waals surface area contributed by atoms with E-state index in [0.717, 1.165) is 54.6 Å². The van der Waals surface area contributed by atoms with Crippen LogP contribution in [0.25, 0.3) is 11.3 Å². The molecule has 152 valence electrons. The Morgan fingerprint density at radius 1 is 0.857 bits per heavy atom. The molecule has 0 N–H and O–H groups in total. The third-order valence-electron chi connectivity index (χ3n) is 5.16. The quantitative estimate of drug-likeness (QED) is 0.450. The van der Waals surface area contributed by atoms with Crippen LogP contribution in [-0.4, -0.2) is 15.9 Å². The Hall–Kier alpha value is -2.23. The summed E-state index contributed by atoms with van der Waals surface area (Å²) in [6, 6.07) is 5.39. The first-order chi connectivity index (χ1) is 13.7. The monoisotopic (exact) mass is 381 g/mol. The molecule has 0 unspecified atom stereocenters. The number of aromatic carboxylic acids is 1. The van der Waals surface area contributed by atoms with Gasteiger partial charge in [-0.2, -0.15) is 0 Å². The third kappa shape index (κ3) is 7.06. The molecule has 0 radical (unpaired) electrons. The summed E-state index contributed by atoms with van der Waals surface area (Å²) in [4.78, 5) is 20.5. The Morgan fingerprint density at radius 3 is 2.21 bits per heavy atom. The Balaban J connectivity index is 2.05. The van der Waals surface area contributed by atoms with Gasteiger partial charge in [0, 0.05) is 17.3 Å². The second kappa shape index (κ2) is 12.3. The molecule has 2 rings (SSSR count). The van der Waals surface area contributed by atoms with Crippen LogP contribution in [0.2, 0.25) is 0 Å². The number of aromatic nitrogens is 2. The highest BCUT2D eigenvalue weighted by atomic mass is 16.4. The van der Waals surface area contributed by atoms with Crippen molar-refractivity contribution in [3.63, 3.8) is 0 Å². The molecule has 0 saturated carbocycles. The number of carbonyl (C=O) groups is 1. The highest BCUT2D eigenvalue weighted by Gasteiger charge is 2.08. The molecule has 0 aliphatic rings. The fourth-order valence-corrected chi connectivity index (χ4v) is 3.44. The van der Waals surface area contributed by atoms with Gasteiger partial charge in [0.15, 0.2) is 0 Å². The van der Waals surface area contributed by atoms with Crippen molar-refractivity contribution in [1.82, 2.24) is 9.97 Å². The van der Waals surface area contributed by atoms with Crippen LogP contribution in [0.15, 0.2) is 30.6 Å². The van der Waals surface area contributed by atoms with E-state index < -0.39 is 5.97 Å². The van der Waals surface area contributed by atoms with Gasteiger partial charge in [-0.25, -0.2) is 0 Å². The number of carbonyl (C=O) groups excluding carboxylic acids is 1. The van der Waals surface area contributed by atoms with Gasteiger partial charge < -0.3 is 9.90 Å². The Labute approximate surface area is 169 Å². The maximum atomic E-state index is 11.5. The maximum Gasteiger partial charge on any atom is 0.0885 e. The molecule has 1 heterocycles. The second-order valence-electron chi connectivity index (χ2n) is 7.53. The van der Waals surface area contributed by atoms with Crippen LogP contribution in [-0.2, 0) is 12.8 Å². The van der Waals surface area contributed by atoms with E-state index in [1.165, 1.54) is 38.5 Å². The predicted octanol–water partition coefficient (Wildman–Crippen LogP) is 5.14. The molecule has 0 saturated heterocycles. The van der Waals surface area contributed by atoms with Crippen molar-refractivity contribution in [2.24, 2.45) is 0 Å². The van der Waals surface area contributed by atoms with Crippen molar-refractivity contribution >= 4 is 5.97 Å². The van der Waals surface area contributed by atoms with Gasteiger partial charge in [0.1, 0.15) is 0 Å². The summed E-state index contributed by atoms with van der Waals surface area (Å²) in [6.07, 6.45) is 16.0. The van der Waals surface area contributed by atoms with Crippen molar-refractivity contribution in [2.45, 2.75) is 84.5 Å². The summed E-state index contributed by atoms with van der Waals surface area (Å²) in [5.74, 6) is -1.11. The Bertz CT molecular complexity index is 726. The van der Waals surface area contributed by atoms with E-state index in [0.29, 0.717) is 5.56 Å². The van der Waals surface area contributed by atoms with Crippen LogP contribution >= 0.6 is 0 Å². The predicted molar refractivity (Wildman–Crippen MR) is 112 cm³/mol. The zero-order chi connectivity index (χ0) is 20.2. The van der Waals surface area contributed by atoms with Crippen LogP contribution in [0, 0.1) is 0 Å². The van der Waals surface area contributed by atoms with Crippen molar-refractivity contribution in [2.75, 3.05) is 0 Å². The van der Waals surface area contributed by atoms with Gasteiger partial charge in [-0.1, -0.05) is 70.9 Å². The third-order valence-corrected chi connectivity index (χ3v) is 5.16. The number of aryl methyl sites for hydroxylation is 2. The van der Waals surface area contributed by atoms with Gasteiger partial charge in [-0.15, -0.1) is 0 Å². The number of hydrogen-bond acceptors (Lipinski definition) is 4. The Morgan fingerprint density at radius 2 is 1.54 bits per heavy atom. The topological polar surface area (TPSA) is 65.9 Å². The van der Waals surface area contributed by atoms with Crippen LogP contribution < -0.4 is 5.11 Å². The summed E-state index contributed by atoms with van der Waals surface area (Å²) in [5.41, 5.74) is 3.84. The lowest BCUT2D eigenvalue weighted by atomic mass is 9.97. The molecule has 28 heavy (non-hydrogen) atoms. The zero-order valence-electron chi connectivity index (χ0n) is 17.4. The summed E-state index contributed by atoms with van der Waals surface area (Å²) < 4.78 is 0. The summed E-state index contributed by atoms with van der Waals surface area (Å²) in [5, 5.41) is 11.5. The lowest BCUT2D eigenvalue weighted by Crippen LogP contribution is -2.23. The highest BCUT2D eigenvalue weighted by Crippen LogP contribution is 2.22. The summed E-state index contributed by atoms with van der Waals surface area (Å²) >= 11 is 0. The Kier molecular flexibility index (Phi) is 9.67. The van der Waals surface area contributed by atoms with Crippen LogP contribution in [0.5, 0.6) is 0 Å². The van der Waals surface area contributed by atoms with E-state index in [9.17, 15) is 9.90 Å². The molecular weight excluding hydrogens is 348 g/mol. The first-order valence-corrected chi connectivity index (χ1v) is 10.8. The largest absolute Gasteiger partial charge is 0.545 e. The highest BCUT2D eigenvalue weighted by molar-refractivity contribution is 5.88. The minimum absolute atomic E-state index is 0.293. The lowest BCUT2D eigenvalue weighted by molar-refractivity contribution is -0.255. The first-order valence-electron chi connectivity index (χ1n) is 10.8. The van der Waals surface area contributed by atoms with Gasteiger partial charge in [0.25, 0.3) is 0 Å². The number of unbranched alkanes of at least 4 members (excludes halogenated alkanes) is 7. The minimum Gasteiger partial charge on any atom is -0.545 e. The number of rotatable bonds is 13. The van der Waals surface area contributed by atoms with Gasteiger partial charge in [-0.05, 0) is 37.3 Å². The van der Waals surface area contributed by atoms with Crippen LogP contribution in [0.4, 0.5) is 0 Å². The smallest absolute Gasteiger partial charge is 0.0885 e. The van der Waals surface area contributed by atoms with Gasteiger partial charge in [0.05, 0.1) is 23.6 Å². The molecule has 1 aromatic heterocycles. The van der Waals surface area contributed by atoms with Crippen LogP contribution in [0.1, 0.15) is 93.3 Å². The number of carboxylic acids is 1. The minimum atomic E-state index is -1.11. The fraction of sp³-hybridized carbons (Fsp3) is 0.542. The molecule has 0 atom stereocenters.